The maximum Gasteiger partial charge on any atom is 0.191 e. The Hall–Kier alpha value is -0.730. The number of nitrogens with zero attached hydrogens (tertiary/aromatic N) is 1. The summed E-state index contributed by atoms with van der Waals surface area (Å²) in [5, 5.41) is 7.46. The molecule has 3 atom stereocenters. The van der Waals surface area contributed by atoms with Crippen molar-refractivity contribution in [1.29, 1.82) is 0 Å². The van der Waals surface area contributed by atoms with E-state index in [0.717, 1.165) is 30.1 Å². The third-order valence-corrected chi connectivity index (χ3v) is 4.58. The summed E-state index contributed by atoms with van der Waals surface area (Å²) in [6.45, 7) is 0.627. The lowest BCUT2D eigenvalue weighted by Crippen LogP contribution is -2.47. The monoisotopic (exact) mass is 451 g/mol. The van der Waals surface area contributed by atoms with Gasteiger partial charge in [0.05, 0.1) is 25.4 Å². The standard InChI is InChI=1S/C16H22ClN3O2.HI/c1-18-16(20-13-8-12-5-6-14(13)22-12)19-9-10-3-4-11(17)7-15(10)21-2;/h3-4,7,12-14H,5-6,8-9H2,1-2H3,(H2,18,19,20);1H. The Morgan fingerprint density at radius 1 is 1.43 bits per heavy atom. The van der Waals surface area contributed by atoms with Gasteiger partial charge in [0.2, 0.25) is 0 Å². The number of halogens is 2. The number of rotatable bonds is 4. The predicted octanol–water partition coefficient (Wildman–Crippen LogP) is 2.95. The van der Waals surface area contributed by atoms with Gasteiger partial charge in [-0.05, 0) is 31.4 Å². The highest BCUT2D eigenvalue weighted by molar-refractivity contribution is 14.0. The van der Waals surface area contributed by atoms with Crippen LogP contribution in [0.1, 0.15) is 24.8 Å². The van der Waals surface area contributed by atoms with Crippen molar-refractivity contribution < 1.29 is 9.47 Å². The lowest BCUT2D eigenvalue weighted by atomic mass is 9.96. The first kappa shape index (κ1) is 18.6. The first-order valence-corrected chi connectivity index (χ1v) is 8.02. The molecule has 2 bridgehead atoms. The summed E-state index contributed by atoms with van der Waals surface area (Å²) in [5.41, 5.74) is 1.04. The second kappa shape index (κ2) is 8.39. The van der Waals surface area contributed by atoms with Crippen LogP contribution in [-0.4, -0.2) is 38.4 Å². The van der Waals surface area contributed by atoms with E-state index >= 15 is 0 Å². The number of benzene rings is 1. The minimum absolute atomic E-state index is 0. The van der Waals surface area contributed by atoms with E-state index in [9.17, 15) is 0 Å². The first-order valence-electron chi connectivity index (χ1n) is 7.64. The van der Waals surface area contributed by atoms with Gasteiger partial charge in [0, 0.05) is 24.2 Å². The highest BCUT2D eigenvalue weighted by atomic mass is 127. The molecule has 3 unspecified atom stereocenters. The molecule has 1 aromatic carbocycles. The van der Waals surface area contributed by atoms with Gasteiger partial charge in [0.15, 0.2) is 5.96 Å². The van der Waals surface area contributed by atoms with Crippen molar-refractivity contribution in [3.63, 3.8) is 0 Å². The predicted molar refractivity (Wildman–Crippen MR) is 103 cm³/mol. The Kier molecular flexibility index (Phi) is 6.79. The number of nitrogens with one attached hydrogen (secondary N) is 2. The van der Waals surface area contributed by atoms with Gasteiger partial charge in [-0.25, -0.2) is 0 Å². The highest BCUT2D eigenvalue weighted by Gasteiger charge is 2.41. The van der Waals surface area contributed by atoms with Crippen LogP contribution in [0.15, 0.2) is 23.2 Å². The summed E-state index contributed by atoms with van der Waals surface area (Å²) in [7, 11) is 3.43. The van der Waals surface area contributed by atoms with Crippen LogP contribution in [-0.2, 0) is 11.3 Å². The van der Waals surface area contributed by atoms with Crippen LogP contribution in [0.25, 0.3) is 0 Å². The lowest BCUT2D eigenvalue weighted by Gasteiger charge is -2.23. The van der Waals surface area contributed by atoms with Gasteiger partial charge in [-0.2, -0.15) is 0 Å². The molecule has 23 heavy (non-hydrogen) atoms. The Labute approximate surface area is 159 Å². The van der Waals surface area contributed by atoms with Crippen LogP contribution in [0.4, 0.5) is 0 Å². The van der Waals surface area contributed by atoms with Gasteiger partial charge in [0.1, 0.15) is 5.75 Å². The van der Waals surface area contributed by atoms with Crippen molar-refractivity contribution in [1.82, 2.24) is 10.6 Å². The van der Waals surface area contributed by atoms with Crippen molar-refractivity contribution in [2.75, 3.05) is 14.2 Å². The van der Waals surface area contributed by atoms with E-state index in [0.29, 0.717) is 29.8 Å². The first-order chi connectivity index (χ1) is 10.7. The Morgan fingerprint density at radius 3 is 2.87 bits per heavy atom. The van der Waals surface area contributed by atoms with Crippen molar-refractivity contribution >= 4 is 41.5 Å². The third kappa shape index (κ3) is 4.42. The number of methoxy groups -OCH3 is 1. The van der Waals surface area contributed by atoms with Crippen LogP contribution in [0, 0.1) is 0 Å². The van der Waals surface area contributed by atoms with Crippen molar-refractivity contribution in [2.24, 2.45) is 4.99 Å². The molecular weight excluding hydrogens is 429 g/mol. The van der Waals surface area contributed by atoms with Crippen LogP contribution in [0.3, 0.4) is 0 Å². The molecule has 0 aliphatic carbocycles. The fourth-order valence-corrected chi connectivity index (χ4v) is 3.37. The van der Waals surface area contributed by atoms with Crippen molar-refractivity contribution in [3.8, 4) is 5.75 Å². The molecule has 0 amide bonds. The van der Waals surface area contributed by atoms with Crippen molar-refractivity contribution in [2.45, 2.75) is 44.1 Å². The minimum Gasteiger partial charge on any atom is -0.496 e. The van der Waals surface area contributed by atoms with Gasteiger partial charge in [-0.3, -0.25) is 4.99 Å². The number of hydrogen-bond donors (Lipinski definition) is 2. The molecule has 1 aromatic rings. The van der Waals surface area contributed by atoms with Gasteiger partial charge >= 0.3 is 0 Å². The fraction of sp³-hybridized carbons (Fsp3) is 0.562. The quantitative estimate of drug-likeness (QED) is 0.420. The van der Waals surface area contributed by atoms with Crippen LogP contribution >= 0.6 is 35.6 Å². The number of ether oxygens (including phenoxy) is 2. The molecule has 2 N–H and O–H groups in total. The smallest absolute Gasteiger partial charge is 0.191 e. The Balaban J connectivity index is 0.00000192. The van der Waals surface area contributed by atoms with E-state index < -0.39 is 0 Å². The molecule has 3 rings (SSSR count). The zero-order valence-electron chi connectivity index (χ0n) is 13.3. The summed E-state index contributed by atoms with van der Waals surface area (Å²) >= 11 is 5.98. The summed E-state index contributed by atoms with van der Waals surface area (Å²) in [4.78, 5) is 4.30. The average molecular weight is 452 g/mol. The normalized spacial score (nSPS) is 25.9. The van der Waals surface area contributed by atoms with E-state index in [1.807, 2.05) is 18.2 Å². The molecule has 5 nitrogen and oxygen atoms in total. The zero-order chi connectivity index (χ0) is 15.5. The molecule has 7 heteroatoms. The van der Waals surface area contributed by atoms with Gasteiger partial charge < -0.3 is 20.1 Å². The summed E-state index contributed by atoms with van der Waals surface area (Å²) in [5.74, 6) is 1.57. The lowest BCUT2D eigenvalue weighted by molar-refractivity contribution is 0.0992. The van der Waals surface area contributed by atoms with E-state index in [1.54, 1.807) is 14.2 Å². The maximum atomic E-state index is 5.98. The summed E-state index contributed by atoms with van der Waals surface area (Å²) in [6.07, 6.45) is 4.15. The second-order valence-electron chi connectivity index (χ2n) is 5.74. The van der Waals surface area contributed by atoms with E-state index in [4.69, 9.17) is 21.1 Å². The SMILES string of the molecule is CN=C(NCc1ccc(Cl)cc1OC)NC1CC2CCC1O2.I. The molecular formula is C16H23ClIN3O2. The number of hydrogen-bond acceptors (Lipinski definition) is 3. The fourth-order valence-electron chi connectivity index (χ4n) is 3.20. The Morgan fingerprint density at radius 2 is 2.26 bits per heavy atom. The van der Waals surface area contributed by atoms with Gasteiger partial charge in [0.25, 0.3) is 0 Å². The van der Waals surface area contributed by atoms with E-state index in [2.05, 4.69) is 15.6 Å². The average Bonchev–Trinajstić information content (AvgIpc) is 3.14. The molecule has 0 radical (unpaired) electrons. The molecule has 2 heterocycles. The van der Waals surface area contributed by atoms with Crippen LogP contribution in [0.5, 0.6) is 5.75 Å². The molecule has 2 aliphatic heterocycles. The molecule has 0 aromatic heterocycles. The second-order valence-corrected chi connectivity index (χ2v) is 6.18. The Bertz CT molecular complexity index is 570. The minimum atomic E-state index is 0. The molecule has 0 spiro atoms. The van der Waals surface area contributed by atoms with Crippen LogP contribution < -0.4 is 15.4 Å². The van der Waals surface area contributed by atoms with E-state index in [1.165, 1.54) is 6.42 Å². The summed E-state index contributed by atoms with van der Waals surface area (Å²) in [6, 6.07) is 6.00. The molecule has 128 valence electrons. The largest absolute Gasteiger partial charge is 0.496 e. The van der Waals surface area contributed by atoms with Crippen molar-refractivity contribution in [3.05, 3.63) is 28.8 Å². The topological polar surface area (TPSA) is 54.9 Å². The number of aliphatic imine (C=N–C) groups is 1. The third-order valence-electron chi connectivity index (χ3n) is 4.35. The summed E-state index contributed by atoms with van der Waals surface area (Å²) < 4.78 is 11.2. The maximum absolute atomic E-state index is 5.98. The molecule has 2 saturated heterocycles. The molecule has 2 aliphatic rings. The zero-order valence-corrected chi connectivity index (χ0v) is 16.4. The number of guanidine groups is 1. The molecule has 2 fully saturated rings. The van der Waals surface area contributed by atoms with Gasteiger partial charge in [-0.15, -0.1) is 24.0 Å². The molecule has 0 saturated carbocycles. The van der Waals surface area contributed by atoms with Gasteiger partial charge in [-0.1, -0.05) is 17.7 Å². The number of fused-ring (bicyclic) bond motifs is 2. The van der Waals surface area contributed by atoms with E-state index in [-0.39, 0.29) is 24.0 Å². The van der Waals surface area contributed by atoms with Crippen LogP contribution in [0.2, 0.25) is 5.02 Å². The highest BCUT2D eigenvalue weighted by Crippen LogP contribution is 2.34.